The van der Waals surface area contributed by atoms with Gasteiger partial charge in [-0.05, 0) is 30.4 Å². The summed E-state index contributed by atoms with van der Waals surface area (Å²) in [5.41, 5.74) is 2.13. The summed E-state index contributed by atoms with van der Waals surface area (Å²) in [5.74, 6) is 0.726. The Morgan fingerprint density at radius 1 is 1.50 bits per heavy atom. The number of fused-ring (bicyclic) bond motifs is 1. The molecule has 94 valence electrons. The smallest absolute Gasteiger partial charge is 0.293 e. The Hall–Kier alpha value is -1.62. The van der Waals surface area contributed by atoms with Gasteiger partial charge >= 0.3 is 0 Å². The van der Waals surface area contributed by atoms with E-state index in [1.807, 2.05) is 0 Å². The second-order valence-corrected chi connectivity index (χ2v) is 4.80. The fourth-order valence-corrected chi connectivity index (χ4v) is 2.36. The van der Waals surface area contributed by atoms with Gasteiger partial charge in [0.1, 0.15) is 0 Å². The number of rotatable bonds is 2. The van der Waals surface area contributed by atoms with Crippen molar-refractivity contribution in [3.8, 4) is 5.75 Å². The van der Waals surface area contributed by atoms with E-state index in [2.05, 4.69) is 9.97 Å². The van der Waals surface area contributed by atoms with Gasteiger partial charge in [0.25, 0.3) is 5.56 Å². The summed E-state index contributed by atoms with van der Waals surface area (Å²) in [7, 11) is 3.19. The molecule has 0 saturated heterocycles. The monoisotopic (exact) mass is 265 g/mol. The van der Waals surface area contributed by atoms with E-state index in [0.29, 0.717) is 17.2 Å². The van der Waals surface area contributed by atoms with E-state index < -0.39 is 0 Å². The maximum Gasteiger partial charge on any atom is 0.293 e. The second kappa shape index (κ2) is 3.95. The third-order valence-corrected chi connectivity index (χ3v) is 3.47. The Kier molecular flexibility index (Phi) is 2.52. The van der Waals surface area contributed by atoms with Crippen LogP contribution in [0.25, 0.3) is 11.0 Å². The fraction of sp³-hybridized carbons (Fsp3) is 0.417. The van der Waals surface area contributed by atoms with Crippen molar-refractivity contribution in [1.82, 2.24) is 14.5 Å². The molecule has 0 bridgehead atoms. The topological polar surface area (TPSA) is 57.0 Å². The number of halogens is 1. The summed E-state index contributed by atoms with van der Waals surface area (Å²) in [4.78, 5) is 20.4. The maximum atomic E-state index is 12.2. The van der Waals surface area contributed by atoms with E-state index in [0.717, 1.165) is 23.9 Å². The van der Waals surface area contributed by atoms with Gasteiger partial charge in [-0.25, -0.2) is 9.97 Å². The molecule has 5 nitrogen and oxygen atoms in total. The molecule has 0 aromatic carbocycles. The first-order valence-corrected chi connectivity index (χ1v) is 6.10. The number of hydrogen-bond acceptors (Lipinski definition) is 4. The Morgan fingerprint density at radius 2 is 2.22 bits per heavy atom. The van der Waals surface area contributed by atoms with Crippen LogP contribution in [-0.2, 0) is 7.05 Å². The molecule has 2 heterocycles. The van der Waals surface area contributed by atoms with Crippen molar-refractivity contribution in [2.45, 2.75) is 18.8 Å². The molecule has 0 unspecified atom stereocenters. The minimum absolute atomic E-state index is 0.155. The molecule has 0 atom stereocenters. The molecule has 2 aromatic heterocycles. The molecule has 3 rings (SSSR count). The minimum Gasteiger partial charge on any atom is -0.491 e. The molecule has 6 heteroatoms. The summed E-state index contributed by atoms with van der Waals surface area (Å²) < 4.78 is 6.77. The van der Waals surface area contributed by atoms with Crippen LogP contribution in [0.1, 0.15) is 24.3 Å². The van der Waals surface area contributed by atoms with Gasteiger partial charge in [-0.1, -0.05) is 0 Å². The molecule has 1 aliphatic rings. The van der Waals surface area contributed by atoms with Crippen molar-refractivity contribution in [3.63, 3.8) is 0 Å². The van der Waals surface area contributed by atoms with Crippen LogP contribution < -0.4 is 10.3 Å². The van der Waals surface area contributed by atoms with Crippen LogP contribution in [-0.4, -0.2) is 21.6 Å². The fourth-order valence-electron chi connectivity index (χ4n) is 2.23. The Labute approximate surface area is 108 Å². The summed E-state index contributed by atoms with van der Waals surface area (Å²) in [6.07, 6.45) is 3.69. The molecule has 0 spiro atoms. The van der Waals surface area contributed by atoms with Crippen molar-refractivity contribution in [2.75, 3.05) is 7.11 Å². The zero-order valence-corrected chi connectivity index (χ0v) is 10.9. The van der Waals surface area contributed by atoms with Crippen LogP contribution in [0, 0.1) is 0 Å². The van der Waals surface area contributed by atoms with E-state index >= 15 is 0 Å². The van der Waals surface area contributed by atoms with Gasteiger partial charge in [0.15, 0.2) is 5.75 Å². The van der Waals surface area contributed by atoms with Crippen molar-refractivity contribution in [3.05, 3.63) is 27.4 Å². The molecule has 0 amide bonds. The predicted molar refractivity (Wildman–Crippen MR) is 68.3 cm³/mol. The van der Waals surface area contributed by atoms with E-state index in [-0.39, 0.29) is 10.8 Å². The highest BCUT2D eigenvalue weighted by atomic mass is 35.5. The molecule has 0 radical (unpaired) electrons. The zero-order chi connectivity index (χ0) is 12.9. The highest BCUT2D eigenvalue weighted by molar-refractivity contribution is 6.28. The average molecular weight is 266 g/mol. The lowest BCUT2D eigenvalue weighted by atomic mass is 10.1. The van der Waals surface area contributed by atoms with E-state index in [1.165, 1.54) is 11.7 Å². The highest BCUT2D eigenvalue weighted by Gasteiger charge is 2.32. The van der Waals surface area contributed by atoms with E-state index in [1.54, 1.807) is 13.2 Å². The van der Waals surface area contributed by atoms with Crippen LogP contribution in [0.2, 0.25) is 5.28 Å². The largest absolute Gasteiger partial charge is 0.491 e. The number of nitrogens with zero attached hydrogens (tertiary/aromatic N) is 3. The van der Waals surface area contributed by atoms with Crippen LogP contribution in [0.15, 0.2) is 11.0 Å². The standard InChI is InChI=1S/C12H12ClN3O2/c1-16-7-5-14-12(13)15-9(7)8(6-3-4-6)10(18-2)11(16)17/h5-6H,3-4H2,1-2H3. The van der Waals surface area contributed by atoms with Crippen molar-refractivity contribution >= 4 is 22.6 Å². The number of ether oxygens (including phenoxy) is 1. The van der Waals surface area contributed by atoms with E-state index in [9.17, 15) is 4.79 Å². The predicted octanol–water partition coefficient (Wildman–Crippen LogP) is 1.87. The average Bonchev–Trinajstić information content (AvgIpc) is 3.17. The number of hydrogen-bond donors (Lipinski definition) is 0. The molecular formula is C12H12ClN3O2. The Balaban J connectivity index is 2.49. The third-order valence-electron chi connectivity index (χ3n) is 3.29. The summed E-state index contributed by atoms with van der Waals surface area (Å²) in [6.45, 7) is 0. The molecule has 18 heavy (non-hydrogen) atoms. The molecule has 0 N–H and O–H groups in total. The van der Waals surface area contributed by atoms with Gasteiger partial charge in [-0.15, -0.1) is 0 Å². The molecule has 1 fully saturated rings. The lowest BCUT2D eigenvalue weighted by molar-refractivity contribution is 0.401. The normalized spacial score (nSPS) is 15.1. The molecular weight excluding hydrogens is 254 g/mol. The molecule has 2 aromatic rings. The molecule has 1 saturated carbocycles. The second-order valence-electron chi connectivity index (χ2n) is 4.46. The Bertz CT molecular complexity index is 692. The van der Waals surface area contributed by atoms with Gasteiger partial charge in [-0.2, -0.15) is 0 Å². The van der Waals surface area contributed by atoms with Gasteiger partial charge in [0, 0.05) is 12.6 Å². The Morgan fingerprint density at radius 3 is 2.83 bits per heavy atom. The first kappa shape index (κ1) is 11.5. The SMILES string of the molecule is COc1c(C2CC2)c2nc(Cl)ncc2n(C)c1=O. The quantitative estimate of drug-likeness (QED) is 0.778. The zero-order valence-electron chi connectivity index (χ0n) is 10.1. The summed E-state index contributed by atoms with van der Waals surface area (Å²) in [5, 5.41) is 0.185. The number of methoxy groups -OCH3 is 1. The van der Waals surface area contributed by atoms with Gasteiger partial charge in [0.2, 0.25) is 5.28 Å². The maximum absolute atomic E-state index is 12.2. The lowest BCUT2D eigenvalue weighted by Gasteiger charge is -2.13. The highest BCUT2D eigenvalue weighted by Crippen LogP contribution is 2.45. The summed E-state index contributed by atoms with van der Waals surface area (Å²) in [6, 6.07) is 0. The van der Waals surface area contributed by atoms with Crippen LogP contribution in [0.4, 0.5) is 0 Å². The number of pyridine rings is 1. The van der Waals surface area contributed by atoms with Crippen LogP contribution in [0.3, 0.4) is 0 Å². The van der Waals surface area contributed by atoms with Crippen LogP contribution >= 0.6 is 11.6 Å². The van der Waals surface area contributed by atoms with Crippen molar-refractivity contribution in [1.29, 1.82) is 0 Å². The number of aromatic nitrogens is 3. The van der Waals surface area contributed by atoms with E-state index in [4.69, 9.17) is 16.3 Å². The van der Waals surface area contributed by atoms with Crippen molar-refractivity contribution < 1.29 is 4.74 Å². The van der Waals surface area contributed by atoms with Gasteiger partial charge < -0.3 is 9.30 Å². The summed E-state index contributed by atoms with van der Waals surface area (Å²) >= 11 is 5.85. The molecule has 0 aliphatic heterocycles. The van der Waals surface area contributed by atoms with Crippen LogP contribution in [0.5, 0.6) is 5.75 Å². The van der Waals surface area contributed by atoms with Gasteiger partial charge in [-0.3, -0.25) is 4.79 Å². The lowest BCUT2D eigenvalue weighted by Crippen LogP contribution is -2.21. The first-order valence-electron chi connectivity index (χ1n) is 5.72. The first-order chi connectivity index (χ1) is 8.63. The number of aryl methyl sites for hydroxylation is 1. The van der Waals surface area contributed by atoms with Crippen molar-refractivity contribution in [2.24, 2.45) is 7.05 Å². The minimum atomic E-state index is -0.155. The molecule has 1 aliphatic carbocycles. The van der Waals surface area contributed by atoms with Gasteiger partial charge in [0.05, 0.1) is 24.3 Å². The third kappa shape index (κ3) is 1.58.